The van der Waals surface area contributed by atoms with E-state index in [1.807, 2.05) is 30.3 Å². The summed E-state index contributed by atoms with van der Waals surface area (Å²) in [4.78, 5) is 31.9. The summed E-state index contributed by atoms with van der Waals surface area (Å²) in [6, 6.07) is 16.5. The molecule has 0 bridgehead atoms. The SMILES string of the molecule is O=C(c1cccc(F)c1)N1CCC(O)(Cn2cnc3c(cc(Cl)n3-c3ccccc3)c2=O)CC1. The molecule has 2 aromatic carbocycles. The van der Waals surface area contributed by atoms with Gasteiger partial charge in [-0.2, -0.15) is 0 Å². The van der Waals surface area contributed by atoms with E-state index < -0.39 is 11.4 Å². The van der Waals surface area contributed by atoms with E-state index in [0.29, 0.717) is 29.3 Å². The zero-order valence-corrected chi connectivity index (χ0v) is 19.0. The second-order valence-electron chi connectivity index (χ2n) is 8.58. The minimum atomic E-state index is -1.18. The molecule has 174 valence electrons. The van der Waals surface area contributed by atoms with Gasteiger partial charge in [0.25, 0.3) is 11.5 Å². The van der Waals surface area contributed by atoms with E-state index >= 15 is 0 Å². The Balaban J connectivity index is 1.35. The first-order chi connectivity index (χ1) is 16.3. The van der Waals surface area contributed by atoms with E-state index in [9.17, 15) is 19.1 Å². The molecule has 0 saturated carbocycles. The number of piperidine rings is 1. The number of likely N-dealkylation sites (tertiary alicyclic amines) is 1. The summed E-state index contributed by atoms with van der Waals surface area (Å²) in [7, 11) is 0. The molecule has 34 heavy (non-hydrogen) atoms. The monoisotopic (exact) mass is 480 g/mol. The standard InChI is InChI=1S/C25H22ClFN4O3/c26-21-14-20-22(31(21)19-7-2-1-3-8-19)28-16-30(24(20)33)15-25(34)9-11-29(12-10-25)23(32)17-5-4-6-18(27)13-17/h1-8,13-14,16,34H,9-12,15H2. The normalized spacial score (nSPS) is 15.6. The number of aliphatic hydroxyl groups is 1. The average Bonchev–Trinajstić information content (AvgIpc) is 3.18. The fourth-order valence-electron chi connectivity index (χ4n) is 4.43. The molecule has 4 aromatic rings. The van der Waals surface area contributed by atoms with Crippen LogP contribution in [0.5, 0.6) is 0 Å². The van der Waals surface area contributed by atoms with Crippen molar-refractivity contribution in [3.63, 3.8) is 0 Å². The largest absolute Gasteiger partial charge is 0.388 e. The lowest BCUT2D eigenvalue weighted by atomic mass is 9.91. The Hall–Kier alpha value is -3.49. The number of halogens is 2. The quantitative estimate of drug-likeness (QED) is 0.483. The number of hydrogen-bond donors (Lipinski definition) is 1. The van der Waals surface area contributed by atoms with Crippen LogP contribution in [0.3, 0.4) is 0 Å². The molecule has 0 spiro atoms. The van der Waals surface area contributed by atoms with Crippen LogP contribution in [0, 0.1) is 5.82 Å². The molecule has 7 nitrogen and oxygen atoms in total. The van der Waals surface area contributed by atoms with Gasteiger partial charge < -0.3 is 10.0 Å². The highest BCUT2D eigenvalue weighted by Gasteiger charge is 2.35. The van der Waals surface area contributed by atoms with Gasteiger partial charge in [-0.25, -0.2) is 9.37 Å². The van der Waals surface area contributed by atoms with Crippen LogP contribution in [-0.4, -0.2) is 48.7 Å². The Labute approximate surface area is 199 Å². The van der Waals surface area contributed by atoms with Crippen LogP contribution in [0.25, 0.3) is 16.7 Å². The average molecular weight is 481 g/mol. The number of carbonyl (C=O) groups excluding carboxylic acids is 1. The van der Waals surface area contributed by atoms with Crippen molar-refractivity contribution in [2.24, 2.45) is 0 Å². The first-order valence-corrected chi connectivity index (χ1v) is 11.3. The van der Waals surface area contributed by atoms with Gasteiger partial charge in [-0.15, -0.1) is 0 Å². The molecule has 2 aromatic heterocycles. The molecule has 0 aliphatic carbocycles. The van der Waals surface area contributed by atoms with Crippen molar-refractivity contribution in [3.8, 4) is 5.69 Å². The highest BCUT2D eigenvalue weighted by molar-refractivity contribution is 6.31. The number of amides is 1. The third-order valence-corrected chi connectivity index (χ3v) is 6.55. The van der Waals surface area contributed by atoms with Gasteiger partial charge in [0.05, 0.1) is 17.5 Å². The molecule has 1 aliphatic heterocycles. The van der Waals surface area contributed by atoms with Crippen LogP contribution in [0.2, 0.25) is 5.15 Å². The molecule has 5 rings (SSSR count). The first-order valence-electron chi connectivity index (χ1n) is 10.9. The summed E-state index contributed by atoms with van der Waals surface area (Å²) in [6.45, 7) is 0.643. The number of benzene rings is 2. The summed E-state index contributed by atoms with van der Waals surface area (Å²) in [5.74, 6) is -0.749. The number of fused-ring (bicyclic) bond motifs is 1. The Morgan fingerprint density at radius 1 is 1.09 bits per heavy atom. The van der Waals surface area contributed by atoms with Gasteiger partial charge in [-0.1, -0.05) is 35.9 Å². The zero-order valence-electron chi connectivity index (χ0n) is 18.2. The van der Waals surface area contributed by atoms with Crippen molar-refractivity contribution in [2.45, 2.75) is 25.0 Å². The van der Waals surface area contributed by atoms with Crippen LogP contribution in [0.15, 0.2) is 71.8 Å². The molecular weight excluding hydrogens is 459 g/mol. The lowest BCUT2D eigenvalue weighted by molar-refractivity contribution is -0.0299. The van der Waals surface area contributed by atoms with Gasteiger partial charge in [0.1, 0.15) is 17.3 Å². The molecule has 1 amide bonds. The van der Waals surface area contributed by atoms with Crippen molar-refractivity contribution >= 4 is 28.5 Å². The summed E-state index contributed by atoms with van der Waals surface area (Å²) in [5, 5.41) is 11.9. The predicted octanol–water partition coefficient (Wildman–Crippen LogP) is 3.65. The molecule has 1 N–H and O–H groups in total. The Morgan fingerprint density at radius 3 is 2.53 bits per heavy atom. The maximum atomic E-state index is 13.5. The van der Waals surface area contributed by atoms with Gasteiger partial charge in [-0.05, 0) is 49.2 Å². The number of nitrogens with zero attached hydrogens (tertiary/aromatic N) is 4. The van der Waals surface area contributed by atoms with E-state index in [1.165, 1.54) is 29.1 Å². The molecule has 9 heteroatoms. The van der Waals surface area contributed by atoms with Gasteiger partial charge in [-0.3, -0.25) is 18.7 Å². The van der Waals surface area contributed by atoms with Gasteiger partial charge in [0, 0.05) is 24.3 Å². The maximum Gasteiger partial charge on any atom is 0.262 e. The number of para-hydroxylation sites is 1. The van der Waals surface area contributed by atoms with Crippen LogP contribution >= 0.6 is 11.6 Å². The highest BCUT2D eigenvalue weighted by atomic mass is 35.5. The summed E-state index contributed by atoms with van der Waals surface area (Å²) in [6.07, 6.45) is 1.98. The van der Waals surface area contributed by atoms with E-state index in [4.69, 9.17) is 11.6 Å². The number of aromatic nitrogens is 3. The second-order valence-corrected chi connectivity index (χ2v) is 8.97. The predicted molar refractivity (Wildman–Crippen MR) is 127 cm³/mol. The minimum absolute atomic E-state index is 0.0465. The van der Waals surface area contributed by atoms with Crippen LogP contribution in [0.1, 0.15) is 23.2 Å². The Kier molecular flexibility index (Phi) is 5.71. The first kappa shape index (κ1) is 22.3. The van der Waals surface area contributed by atoms with Crippen LogP contribution < -0.4 is 5.56 Å². The molecule has 1 aliphatic rings. The number of carbonyl (C=O) groups is 1. The van der Waals surface area contributed by atoms with Gasteiger partial charge in [0.2, 0.25) is 0 Å². The molecule has 1 saturated heterocycles. The van der Waals surface area contributed by atoms with Crippen LogP contribution in [0.4, 0.5) is 4.39 Å². The second kappa shape index (κ2) is 8.70. The van der Waals surface area contributed by atoms with E-state index in [-0.39, 0.29) is 36.4 Å². The number of hydrogen-bond acceptors (Lipinski definition) is 4. The fraction of sp³-hybridized carbons (Fsp3) is 0.240. The van der Waals surface area contributed by atoms with Gasteiger partial charge in [0.15, 0.2) is 5.65 Å². The van der Waals surface area contributed by atoms with Crippen molar-refractivity contribution in [3.05, 3.63) is 93.9 Å². The highest BCUT2D eigenvalue weighted by Crippen LogP contribution is 2.27. The lowest BCUT2D eigenvalue weighted by Gasteiger charge is -2.38. The summed E-state index contributed by atoms with van der Waals surface area (Å²) in [5.41, 5.74) is 0.0365. The van der Waals surface area contributed by atoms with Crippen molar-refractivity contribution in [2.75, 3.05) is 13.1 Å². The van der Waals surface area contributed by atoms with Crippen LogP contribution in [-0.2, 0) is 6.54 Å². The minimum Gasteiger partial charge on any atom is -0.388 e. The van der Waals surface area contributed by atoms with E-state index in [0.717, 1.165) is 5.69 Å². The topological polar surface area (TPSA) is 80.4 Å². The van der Waals surface area contributed by atoms with E-state index in [2.05, 4.69) is 4.98 Å². The Morgan fingerprint density at radius 2 is 1.82 bits per heavy atom. The third-order valence-electron chi connectivity index (χ3n) is 6.27. The van der Waals surface area contributed by atoms with Crippen molar-refractivity contribution in [1.29, 1.82) is 0 Å². The molecule has 3 heterocycles. The summed E-state index contributed by atoms with van der Waals surface area (Å²) < 4.78 is 16.6. The Bertz CT molecular complexity index is 1430. The third kappa shape index (κ3) is 4.10. The fourth-order valence-corrected chi connectivity index (χ4v) is 4.71. The van der Waals surface area contributed by atoms with E-state index in [1.54, 1.807) is 21.6 Å². The molecular formula is C25H22ClFN4O3. The lowest BCUT2D eigenvalue weighted by Crippen LogP contribution is -2.49. The van der Waals surface area contributed by atoms with Crippen molar-refractivity contribution in [1.82, 2.24) is 19.0 Å². The maximum absolute atomic E-state index is 13.5. The zero-order chi connectivity index (χ0) is 23.9. The van der Waals surface area contributed by atoms with Crippen molar-refractivity contribution < 1.29 is 14.3 Å². The molecule has 1 fully saturated rings. The smallest absolute Gasteiger partial charge is 0.262 e. The molecule has 0 unspecified atom stereocenters. The summed E-state index contributed by atoms with van der Waals surface area (Å²) >= 11 is 6.42. The van der Waals surface area contributed by atoms with Gasteiger partial charge >= 0.3 is 0 Å². The molecule has 0 atom stereocenters. The molecule has 0 radical (unpaired) electrons. The number of rotatable bonds is 4.